The Kier molecular flexibility index (Phi) is 4.19. The van der Waals surface area contributed by atoms with Crippen molar-refractivity contribution in [2.75, 3.05) is 31.9 Å². The van der Waals surface area contributed by atoms with Crippen LogP contribution in [0.2, 0.25) is 0 Å². The summed E-state index contributed by atoms with van der Waals surface area (Å²) >= 11 is 0. The highest BCUT2D eigenvalue weighted by Gasteiger charge is 2.11. The molecule has 0 saturated heterocycles. The number of hydrogen-bond acceptors (Lipinski definition) is 6. The van der Waals surface area contributed by atoms with Crippen LogP contribution in [0.4, 0.5) is 21.8 Å². The summed E-state index contributed by atoms with van der Waals surface area (Å²) in [5, 5.41) is 5.62. The molecule has 0 bridgehead atoms. The van der Waals surface area contributed by atoms with Crippen molar-refractivity contribution >= 4 is 17.5 Å². The van der Waals surface area contributed by atoms with E-state index in [1.54, 1.807) is 32.4 Å². The number of aromatic nitrogens is 2. The zero-order valence-corrected chi connectivity index (χ0v) is 11.4. The standard InChI is InChI=1S/C13H15FN4O2/c1-15-13-16-7-9(14)12(18-13)17-10-6-8(19-2)4-5-11(10)20-3/h4-7H,1-3H3,(H2,15,16,17,18). The Morgan fingerprint density at radius 2 is 2.00 bits per heavy atom. The van der Waals surface area contributed by atoms with Crippen LogP contribution in [-0.4, -0.2) is 31.2 Å². The van der Waals surface area contributed by atoms with Gasteiger partial charge in [-0.25, -0.2) is 9.37 Å². The van der Waals surface area contributed by atoms with Gasteiger partial charge in [-0.1, -0.05) is 0 Å². The van der Waals surface area contributed by atoms with Gasteiger partial charge in [0.25, 0.3) is 0 Å². The van der Waals surface area contributed by atoms with Crippen molar-refractivity contribution in [2.45, 2.75) is 0 Å². The van der Waals surface area contributed by atoms with Gasteiger partial charge >= 0.3 is 0 Å². The number of nitrogens with zero attached hydrogens (tertiary/aromatic N) is 2. The number of rotatable bonds is 5. The third-order valence-corrected chi connectivity index (χ3v) is 2.63. The van der Waals surface area contributed by atoms with Crippen LogP contribution in [0.3, 0.4) is 0 Å². The maximum absolute atomic E-state index is 13.7. The Hall–Kier alpha value is -2.57. The van der Waals surface area contributed by atoms with Crippen LogP contribution >= 0.6 is 0 Å². The van der Waals surface area contributed by atoms with Gasteiger partial charge < -0.3 is 20.1 Å². The Balaban J connectivity index is 2.38. The maximum atomic E-state index is 13.7. The highest BCUT2D eigenvalue weighted by Crippen LogP contribution is 2.31. The summed E-state index contributed by atoms with van der Waals surface area (Å²) in [6, 6.07) is 5.16. The van der Waals surface area contributed by atoms with Gasteiger partial charge in [-0.2, -0.15) is 4.98 Å². The Morgan fingerprint density at radius 3 is 2.65 bits per heavy atom. The second kappa shape index (κ2) is 6.05. The molecule has 0 aliphatic heterocycles. The van der Waals surface area contributed by atoms with Crippen LogP contribution < -0.4 is 20.1 Å². The molecule has 7 heteroatoms. The predicted octanol–water partition coefficient (Wildman–Crippen LogP) is 2.42. The average Bonchev–Trinajstić information content (AvgIpc) is 2.49. The molecule has 0 radical (unpaired) electrons. The van der Waals surface area contributed by atoms with Crippen molar-refractivity contribution in [1.29, 1.82) is 0 Å². The first-order valence-corrected chi connectivity index (χ1v) is 5.87. The molecular formula is C13H15FN4O2. The molecule has 1 aromatic heterocycles. The SMILES string of the molecule is CNc1ncc(F)c(Nc2cc(OC)ccc2OC)n1. The number of ether oxygens (including phenoxy) is 2. The number of hydrogen-bond donors (Lipinski definition) is 2. The lowest BCUT2D eigenvalue weighted by atomic mass is 10.2. The molecule has 0 unspecified atom stereocenters. The Bertz CT molecular complexity index is 607. The summed E-state index contributed by atoms with van der Waals surface area (Å²) in [6.07, 6.45) is 1.09. The van der Waals surface area contributed by atoms with E-state index < -0.39 is 5.82 Å². The van der Waals surface area contributed by atoms with Gasteiger partial charge in [0.2, 0.25) is 5.95 Å². The molecule has 0 fully saturated rings. The quantitative estimate of drug-likeness (QED) is 0.875. The fourth-order valence-corrected chi connectivity index (χ4v) is 1.61. The van der Waals surface area contributed by atoms with Crippen LogP contribution in [-0.2, 0) is 0 Å². The van der Waals surface area contributed by atoms with E-state index in [0.29, 0.717) is 23.1 Å². The highest BCUT2D eigenvalue weighted by atomic mass is 19.1. The topological polar surface area (TPSA) is 68.3 Å². The monoisotopic (exact) mass is 278 g/mol. The first-order chi connectivity index (χ1) is 9.67. The normalized spacial score (nSPS) is 10.0. The van der Waals surface area contributed by atoms with E-state index in [2.05, 4.69) is 20.6 Å². The number of methoxy groups -OCH3 is 2. The van der Waals surface area contributed by atoms with E-state index >= 15 is 0 Å². The second-order valence-corrected chi connectivity index (χ2v) is 3.83. The fraction of sp³-hybridized carbons (Fsp3) is 0.231. The van der Waals surface area contributed by atoms with Gasteiger partial charge in [-0.05, 0) is 12.1 Å². The van der Waals surface area contributed by atoms with Crippen molar-refractivity contribution in [2.24, 2.45) is 0 Å². The third-order valence-electron chi connectivity index (χ3n) is 2.63. The van der Waals surface area contributed by atoms with E-state index in [0.717, 1.165) is 6.20 Å². The summed E-state index contributed by atoms with van der Waals surface area (Å²) in [7, 11) is 4.74. The first kappa shape index (κ1) is 13.9. The lowest BCUT2D eigenvalue weighted by molar-refractivity contribution is 0.404. The number of anilines is 3. The summed E-state index contributed by atoms with van der Waals surface area (Å²) < 4.78 is 24.1. The van der Waals surface area contributed by atoms with Gasteiger partial charge in [0.1, 0.15) is 11.5 Å². The Labute approximate surface area is 116 Å². The highest BCUT2D eigenvalue weighted by molar-refractivity contribution is 5.66. The first-order valence-electron chi connectivity index (χ1n) is 5.87. The van der Waals surface area contributed by atoms with Crippen molar-refractivity contribution in [1.82, 2.24) is 9.97 Å². The molecular weight excluding hydrogens is 263 g/mol. The van der Waals surface area contributed by atoms with Crippen molar-refractivity contribution < 1.29 is 13.9 Å². The number of benzene rings is 1. The van der Waals surface area contributed by atoms with Crippen LogP contribution in [0.25, 0.3) is 0 Å². The summed E-state index contributed by atoms with van der Waals surface area (Å²) in [4.78, 5) is 7.79. The summed E-state index contributed by atoms with van der Waals surface area (Å²) in [5.41, 5.74) is 0.548. The zero-order valence-electron chi connectivity index (χ0n) is 11.4. The molecule has 0 spiro atoms. The molecule has 0 saturated carbocycles. The van der Waals surface area contributed by atoms with Gasteiger partial charge in [-0.3, -0.25) is 0 Å². The minimum Gasteiger partial charge on any atom is -0.497 e. The maximum Gasteiger partial charge on any atom is 0.224 e. The lowest BCUT2D eigenvalue weighted by Gasteiger charge is -2.13. The lowest BCUT2D eigenvalue weighted by Crippen LogP contribution is -2.04. The molecule has 1 aromatic carbocycles. The van der Waals surface area contributed by atoms with Gasteiger partial charge in [-0.15, -0.1) is 0 Å². The van der Waals surface area contributed by atoms with Crippen LogP contribution in [0, 0.1) is 5.82 Å². The molecule has 20 heavy (non-hydrogen) atoms. The van der Waals surface area contributed by atoms with E-state index in [4.69, 9.17) is 9.47 Å². The molecule has 0 aliphatic rings. The van der Waals surface area contributed by atoms with E-state index in [9.17, 15) is 4.39 Å². The van der Waals surface area contributed by atoms with Crippen molar-refractivity contribution in [3.8, 4) is 11.5 Å². The van der Waals surface area contributed by atoms with Gasteiger partial charge in [0, 0.05) is 13.1 Å². The fourth-order valence-electron chi connectivity index (χ4n) is 1.61. The van der Waals surface area contributed by atoms with Crippen molar-refractivity contribution in [3.63, 3.8) is 0 Å². The van der Waals surface area contributed by atoms with E-state index in [-0.39, 0.29) is 5.82 Å². The Morgan fingerprint density at radius 1 is 1.20 bits per heavy atom. The third kappa shape index (κ3) is 2.87. The van der Waals surface area contributed by atoms with Gasteiger partial charge in [0.05, 0.1) is 26.1 Å². The average molecular weight is 278 g/mol. The summed E-state index contributed by atoms with van der Waals surface area (Å²) in [5.74, 6) is 0.979. The molecule has 2 N–H and O–H groups in total. The molecule has 2 rings (SSSR count). The number of halogens is 1. The molecule has 0 amide bonds. The minimum absolute atomic E-state index is 0.0518. The molecule has 106 valence electrons. The van der Waals surface area contributed by atoms with Crippen LogP contribution in [0.15, 0.2) is 24.4 Å². The van der Waals surface area contributed by atoms with E-state index in [1.807, 2.05) is 0 Å². The molecule has 6 nitrogen and oxygen atoms in total. The zero-order chi connectivity index (χ0) is 14.5. The summed E-state index contributed by atoms with van der Waals surface area (Å²) in [6.45, 7) is 0. The van der Waals surface area contributed by atoms with Gasteiger partial charge in [0.15, 0.2) is 11.6 Å². The minimum atomic E-state index is -0.561. The largest absolute Gasteiger partial charge is 0.497 e. The van der Waals surface area contributed by atoms with Crippen molar-refractivity contribution in [3.05, 3.63) is 30.2 Å². The predicted molar refractivity (Wildman–Crippen MR) is 74.4 cm³/mol. The van der Waals surface area contributed by atoms with E-state index in [1.165, 1.54) is 7.11 Å². The molecule has 1 heterocycles. The molecule has 0 atom stereocenters. The molecule has 2 aromatic rings. The smallest absolute Gasteiger partial charge is 0.224 e. The number of nitrogens with one attached hydrogen (secondary N) is 2. The second-order valence-electron chi connectivity index (χ2n) is 3.83. The van der Waals surface area contributed by atoms with Crippen LogP contribution in [0.5, 0.6) is 11.5 Å². The molecule has 0 aliphatic carbocycles. The van der Waals surface area contributed by atoms with Crippen LogP contribution in [0.1, 0.15) is 0 Å².